The number of fused-ring (bicyclic) bond motifs is 1. The van der Waals surface area contributed by atoms with Gasteiger partial charge in [0.1, 0.15) is 5.82 Å². The van der Waals surface area contributed by atoms with E-state index in [-0.39, 0.29) is 17.9 Å². The number of nitrogens with one attached hydrogen (secondary N) is 1. The third-order valence-electron chi connectivity index (χ3n) is 5.62. The van der Waals surface area contributed by atoms with Gasteiger partial charge < -0.3 is 15.1 Å². The van der Waals surface area contributed by atoms with Gasteiger partial charge in [0.15, 0.2) is 5.82 Å². The fourth-order valence-electron chi connectivity index (χ4n) is 4.09. The van der Waals surface area contributed by atoms with E-state index in [0.29, 0.717) is 35.0 Å². The molecule has 1 aliphatic heterocycles. The Morgan fingerprint density at radius 2 is 2.03 bits per heavy atom. The molecule has 1 unspecified atom stereocenters. The molecule has 0 radical (unpaired) electrons. The molecule has 0 spiro atoms. The van der Waals surface area contributed by atoms with Crippen LogP contribution in [0.5, 0.6) is 0 Å². The monoisotopic (exact) mass is 418 g/mol. The average Bonchev–Trinajstić information content (AvgIpc) is 3.28. The Hall–Kier alpha value is -3.55. The summed E-state index contributed by atoms with van der Waals surface area (Å²) >= 11 is 0. The van der Waals surface area contributed by atoms with E-state index in [1.807, 2.05) is 35.2 Å². The molecule has 31 heavy (non-hydrogen) atoms. The third kappa shape index (κ3) is 4.19. The highest BCUT2D eigenvalue weighted by molar-refractivity contribution is 6.05. The standard InChI is InChI=1S/C23H26N6O2/c1-15(30)29-12-6-10-19(29)22-26-17(13-20(24-2)27-22)14-28(3)23(31)18-9-4-7-16-8-5-11-25-21(16)18/h4-5,7-9,11,13,19H,6,10,12,14H2,1-3H3,(H,24,26,27). The summed E-state index contributed by atoms with van der Waals surface area (Å²) in [7, 11) is 3.55. The van der Waals surface area contributed by atoms with Crippen molar-refractivity contribution in [2.75, 3.05) is 26.0 Å². The first kappa shape index (κ1) is 20.7. The summed E-state index contributed by atoms with van der Waals surface area (Å²) in [6.07, 6.45) is 3.46. The van der Waals surface area contributed by atoms with Crippen molar-refractivity contribution in [2.45, 2.75) is 32.4 Å². The lowest BCUT2D eigenvalue weighted by Crippen LogP contribution is -2.30. The van der Waals surface area contributed by atoms with Crippen molar-refractivity contribution in [1.82, 2.24) is 24.8 Å². The van der Waals surface area contributed by atoms with Gasteiger partial charge in [0.2, 0.25) is 5.91 Å². The van der Waals surface area contributed by atoms with E-state index >= 15 is 0 Å². The van der Waals surface area contributed by atoms with Crippen molar-refractivity contribution in [3.63, 3.8) is 0 Å². The third-order valence-corrected chi connectivity index (χ3v) is 5.62. The maximum Gasteiger partial charge on any atom is 0.256 e. The van der Waals surface area contributed by atoms with Crippen LogP contribution in [-0.4, -0.2) is 57.2 Å². The van der Waals surface area contributed by atoms with Gasteiger partial charge in [0.05, 0.1) is 29.4 Å². The van der Waals surface area contributed by atoms with E-state index < -0.39 is 0 Å². The van der Waals surface area contributed by atoms with Crippen LogP contribution in [-0.2, 0) is 11.3 Å². The highest BCUT2D eigenvalue weighted by atomic mass is 16.2. The smallest absolute Gasteiger partial charge is 0.256 e. The van der Waals surface area contributed by atoms with E-state index in [1.165, 1.54) is 0 Å². The van der Waals surface area contributed by atoms with Gasteiger partial charge in [0, 0.05) is 45.2 Å². The Balaban J connectivity index is 1.61. The van der Waals surface area contributed by atoms with Crippen molar-refractivity contribution in [3.05, 3.63) is 59.7 Å². The first-order valence-electron chi connectivity index (χ1n) is 10.4. The van der Waals surface area contributed by atoms with E-state index in [2.05, 4.69) is 15.3 Å². The zero-order valence-corrected chi connectivity index (χ0v) is 18.0. The number of carbonyl (C=O) groups is 2. The molecule has 8 heteroatoms. The Labute approximate surface area is 181 Å². The minimum absolute atomic E-state index is 0.0262. The number of pyridine rings is 1. The Kier molecular flexibility index (Phi) is 5.79. The quantitative estimate of drug-likeness (QED) is 0.685. The van der Waals surface area contributed by atoms with Gasteiger partial charge in [0.25, 0.3) is 5.91 Å². The summed E-state index contributed by atoms with van der Waals surface area (Å²) in [5.41, 5.74) is 1.96. The van der Waals surface area contributed by atoms with Crippen LogP contribution in [0, 0.1) is 0 Å². The number of nitrogens with zero attached hydrogens (tertiary/aromatic N) is 5. The molecule has 2 aromatic heterocycles. The molecular formula is C23H26N6O2. The molecule has 1 aliphatic rings. The zero-order chi connectivity index (χ0) is 22.0. The summed E-state index contributed by atoms with van der Waals surface area (Å²) in [5.74, 6) is 1.19. The Morgan fingerprint density at radius 3 is 2.81 bits per heavy atom. The van der Waals surface area contributed by atoms with E-state index in [1.54, 1.807) is 38.2 Å². The molecule has 3 heterocycles. The normalized spacial score (nSPS) is 15.8. The van der Waals surface area contributed by atoms with Gasteiger partial charge in [-0.1, -0.05) is 18.2 Å². The number of carbonyl (C=O) groups excluding carboxylic acids is 2. The topological polar surface area (TPSA) is 91.3 Å². The number of anilines is 1. The highest BCUT2D eigenvalue weighted by Crippen LogP contribution is 2.30. The molecule has 8 nitrogen and oxygen atoms in total. The summed E-state index contributed by atoms with van der Waals surface area (Å²) < 4.78 is 0. The molecule has 160 valence electrons. The zero-order valence-electron chi connectivity index (χ0n) is 18.0. The number of amides is 2. The molecule has 1 N–H and O–H groups in total. The summed E-state index contributed by atoms with van der Waals surface area (Å²) in [5, 5.41) is 3.99. The van der Waals surface area contributed by atoms with Crippen molar-refractivity contribution < 1.29 is 9.59 Å². The van der Waals surface area contributed by atoms with Crippen LogP contribution in [0.1, 0.15) is 47.7 Å². The molecule has 0 bridgehead atoms. The second-order valence-corrected chi connectivity index (χ2v) is 7.77. The summed E-state index contributed by atoms with van der Waals surface area (Å²) in [6, 6.07) is 11.1. The fourth-order valence-corrected chi connectivity index (χ4v) is 4.09. The number of likely N-dealkylation sites (tertiary alicyclic amines) is 1. The van der Waals surface area contributed by atoms with Crippen LogP contribution in [0.15, 0.2) is 42.6 Å². The molecule has 3 aromatic rings. The van der Waals surface area contributed by atoms with Gasteiger partial charge in [-0.15, -0.1) is 0 Å². The molecule has 1 saturated heterocycles. The van der Waals surface area contributed by atoms with Crippen LogP contribution in [0.2, 0.25) is 0 Å². The summed E-state index contributed by atoms with van der Waals surface area (Å²) in [4.78, 5) is 42.3. The Morgan fingerprint density at radius 1 is 1.23 bits per heavy atom. The molecule has 4 rings (SSSR count). The van der Waals surface area contributed by atoms with Crippen molar-refractivity contribution in [3.8, 4) is 0 Å². The fraction of sp³-hybridized carbons (Fsp3) is 0.348. The molecule has 0 saturated carbocycles. The SMILES string of the molecule is CNc1cc(CN(C)C(=O)c2cccc3cccnc23)nc(C2CCCN2C(C)=O)n1. The van der Waals surface area contributed by atoms with Gasteiger partial charge in [-0.05, 0) is 25.0 Å². The van der Waals surface area contributed by atoms with Crippen LogP contribution < -0.4 is 5.32 Å². The number of hydrogen-bond donors (Lipinski definition) is 1. The molecule has 1 fully saturated rings. The minimum Gasteiger partial charge on any atom is -0.373 e. The predicted molar refractivity (Wildman–Crippen MR) is 118 cm³/mol. The van der Waals surface area contributed by atoms with Gasteiger partial charge in [-0.2, -0.15) is 0 Å². The second kappa shape index (κ2) is 8.67. The number of para-hydroxylation sites is 1. The summed E-state index contributed by atoms with van der Waals surface area (Å²) in [6.45, 7) is 2.61. The van der Waals surface area contributed by atoms with Crippen LogP contribution in [0.25, 0.3) is 10.9 Å². The lowest BCUT2D eigenvalue weighted by Gasteiger charge is -2.23. The number of benzene rings is 1. The predicted octanol–water partition coefficient (Wildman–Crippen LogP) is 3.02. The highest BCUT2D eigenvalue weighted by Gasteiger charge is 2.30. The lowest BCUT2D eigenvalue weighted by atomic mass is 10.1. The van der Waals surface area contributed by atoms with E-state index in [0.717, 1.165) is 24.8 Å². The number of rotatable bonds is 5. The van der Waals surface area contributed by atoms with Crippen molar-refractivity contribution in [2.24, 2.45) is 0 Å². The van der Waals surface area contributed by atoms with Crippen LogP contribution in [0.4, 0.5) is 5.82 Å². The maximum atomic E-state index is 13.2. The van der Waals surface area contributed by atoms with Gasteiger partial charge in [-0.3, -0.25) is 14.6 Å². The van der Waals surface area contributed by atoms with Crippen LogP contribution in [0.3, 0.4) is 0 Å². The van der Waals surface area contributed by atoms with E-state index in [4.69, 9.17) is 4.98 Å². The van der Waals surface area contributed by atoms with Gasteiger partial charge >= 0.3 is 0 Å². The number of aromatic nitrogens is 3. The van der Waals surface area contributed by atoms with Crippen molar-refractivity contribution >= 4 is 28.5 Å². The minimum atomic E-state index is -0.132. The van der Waals surface area contributed by atoms with Crippen molar-refractivity contribution in [1.29, 1.82) is 0 Å². The average molecular weight is 419 g/mol. The lowest BCUT2D eigenvalue weighted by molar-refractivity contribution is -0.129. The Bertz CT molecular complexity index is 1130. The van der Waals surface area contributed by atoms with Gasteiger partial charge in [-0.25, -0.2) is 9.97 Å². The van der Waals surface area contributed by atoms with Crippen LogP contribution >= 0.6 is 0 Å². The van der Waals surface area contributed by atoms with E-state index in [9.17, 15) is 9.59 Å². The second-order valence-electron chi connectivity index (χ2n) is 7.77. The maximum absolute atomic E-state index is 13.2. The first-order chi connectivity index (χ1) is 15.0. The molecule has 1 atom stereocenters. The largest absolute Gasteiger partial charge is 0.373 e. The number of hydrogen-bond acceptors (Lipinski definition) is 6. The first-order valence-corrected chi connectivity index (χ1v) is 10.4. The molecule has 1 aromatic carbocycles. The molecule has 2 amide bonds. The molecule has 0 aliphatic carbocycles. The molecular weight excluding hydrogens is 392 g/mol.